The summed E-state index contributed by atoms with van der Waals surface area (Å²) in [6, 6.07) is 31.0. The molecule has 2 amide bonds. The van der Waals surface area contributed by atoms with E-state index in [1.165, 1.54) is 24.1 Å². The van der Waals surface area contributed by atoms with Crippen LogP contribution >= 0.6 is 0 Å². The Morgan fingerprint density at radius 2 is 1.40 bits per heavy atom. The predicted molar refractivity (Wildman–Crippen MR) is 177 cm³/mol. The van der Waals surface area contributed by atoms with Gasteiger partial charge in [0, 0.05) is 19.5 Å². The Hall–Kier alpha value is -4.63. The Labute approximate surface area is 266 Å². The number of para-hydroxylation sites is 2. The molecule has 9 heteroatoms. The molecule has 1 N–H and O–H groups in total. The molecule has 4 aromatic rings. The van der Waals surface area contributed by atoms with Gasteiger partial charge in [-0.2, -0.15) is 0 Å². The van der Waals surface area contributed by atoms with Gasteiger partial charge >= 0.3 is 0 Å². The molecule has 8 nitrogen and oxygen atoms in total. The van der Waals surface area contributed by atoms with Crippen molar-refractivity contribution in [3.8, 4) is 5.75 Å². The number of amides is 2. The molecule has 4 rings (SSSR count). The van der Waals surface area contributed by atoms with Gasteiger partial charge in [-0.25, -0.2) is 8.42 Å². The van der Waals surface area contributed by atoms with Crippen LogP contribution in [0.25, 0.3) is 0 Å². The molecule has 1 unspecified atom stereocenters. The zero-order chi connectivity index (χ0) is 32.4. The summed E-state index contributed by atoms with van der Waals surface area (Å²) < 4.78 is 34.9. The van der Waals surface area contributed by atoms with Gasteiger partial charge in [-0.1, -0.05) is 104 Å². The summed E-state index contributed by atoms with van der Waals surface area (Å²) in [6.45, 7) is 5.97. The lowest BCUT2D eigenvalue weighted by molar-refractivity contribution is -0.140. The van der Waals surface area contributed by atoms with E-state index in [2.05, 4.69) is 5.32 Å². The summed E-state index contributed by atoms with van der Waals surface area (Å²) in [5, 5.41) is 3.01. The number of carbonyl (C=O) groups excluding carboxylic acids is 2. The zero-order valence-electron chi connectivity index (χ0n) is 26.2. The van der Waals surface area contributed by atoms with Crippen LogP contribution < -0.4 is 14.4 Å². The van der Waals surface area contributed by atoms with E-state index in [1.807, 2.05) is 75.4 Å². The second-order valence-corrected chi connectivity index (χ2v) is 13.2. The molecular weight excluding hydrogens is 586 g/mol. The fourth-order valence-electron chi connectivity index (χ4n) is 4.94. The maximum absolute atomic E-state index is 14.5. The van der Waals surface area contributed by atoms with Gasteiger partial charge in [-0.3, -0.25) is 13.9 Å². The van der Waals surface area contributed by atoms with E-state index in [-0.39, 0.29) is 35.4 Å². The van der Waals surface area contributed by atoms with Gasteiger partial charge in [0.05, 0.1) is 17.7 Å². The summed E-state index contributed by atoms with van der Waals surface area (Å²) in [5.74, 6) is -0.334. The minimum atomic E-state index is -4.21. The average molecular weight is 628 g/mol. The Morgan fingerprint density at radius 1 is 0.800 bits per heavy atom. The fraction of sp³-hybridized carbons (Fsp3) is 0.278. The smallest absolute Gasteiger partial charge is 0.264 e. The van der Waals surface area contributed by atoms with Gasteiger partial charge in [0.1, 0.15) is 18.3 Å². The number of nitrogens with zero attached hydrogens (tertiary/aromatic N) is 2. The van der Waals surface area contributed by atoms with Gasteiger partial charge in [-0.15, -0.1) is 0 Å². The van der Waals surface area contributed by atoms with Crippen LogP contribution in [0.1, 0.15) is 30.5 Å². The first kappa shape index (κ1) is 33.3. The van der Waals surface area contributed by atoms with E-state index < -0.39 is 28.5 Å². The minimum absolute atomic E-state index is 0.0318. The molecule has 0 aromatic heterocycles. The van der Waals surface area contributed by atoms with Crippen LogP contribution in [0.5, 0.6) is 5.75 Å². The third-order valence-electron chi connectivity index (χ3n) is 7.39. The predicted octanol–water partition coefficient (Wildman–Crippen LogP) is 5.61. The van der Waals surface area contributed by atoms with Crippen molar-refractivity contribution in [3.05, 3.63) is 126 Å². The molecule has 45 heavy (non-hydrogen) atoms. The van der Waals surface area contributed by atoms with Crippen LogP contribution in [-0.4, -0.2) is 51.4 Å². The Bertz CT molecular complexity index is 1660. The summed E-state index contributed by atoms with van der Waals surface area (Å²) in [7, 11) is -2.76. The fourth-order valence-corrected chi connectivity index (χ4v) is 6.38. The average Bonchev–Trinajstić information content (AvgIpc) is 3.05. The number of aryl methyl sites for hydroxylation is 1. The Morgan fingerprint density at radius 3 is 2.02 bits per heavy atom. The highest BCUT2D eigenvalue weighted by molar-refractivity contribution is 7.92. The Kier molecular flexibility index (Phi) is 11.4. The number of sulfonamides is 1. The quantitative estimate of drug-likeness (QED) is 0.196. The third-order valence-corrected chi connectivity index (χ3v) is 9.17. The van der Waals surface area contributed by atoms with Gasteiger partial charge in [0.25, 0.3) is 10.0 Å². The highest BCUT2D eigenvalue weighted by Gasteiger charge is 2.35. The van der Waals surface area contributed by atoms with Gasteiger partial charge < -0.3 is 15.0 Å². The SMILES string of the molecule is COc1ccccc1N(CC(=O)N(Cc1ccc(C)cc1)C(Cc1ccccc1)C(=O)NCC(C)C)S(=O)(=O)c1ccccc1. The number of ether oxygens (including phenoxy) is 1. The van der Waals surface area contributed by atoms with E-state index in [0.717, 1.165) is 21.0 Å². The number of carbonyl (C=O) groups is 2. The molecule has 0 radical (unpaired) electrons. The van der Waals surface area contributed by atoms with Crippen molar-refractivity contribution in [2.24, 2.45) is 5.92 Å². The molecule has 0 aliphatic rings. The van der Waals surface area contributed by atoms with E-state index in [1.54, 1.807) is 42.5 Å². The molecule has 0 aliphatic heterocycles. The maximum Gasteiger partial charge on any atom is 0.264 e. The van der Waals surface area contributed by atoms with Gasteiger partial charge in [0.2, 0.25) is 11.8 Å². The monoisotopic (exact) mass is 627 g/mol. The molecule has 0 saturated heterocycles. The van der Waals surface area contributed by atoms with Crippen molar-refractivity contribution in [3.63, 3.8) is 0 Å². The van der Waals surface area contributed by atoms with Gasteiger partial charge in [-0.05, 0) is 48.2 Å². The first-order valence-electron chi connectivity index (χ1n) is 15.0. The van der Waals surface area contributed by atoms with Crippen molar-refractivity contribution in [2.75, 3.05) is 24.5 Å². The molecule has 0 fully saturated rings. The standard InChI is InChI=1S/C36H41N3O5S/c1-27(2)24-37-36(41)33(23-29-13-7-5-8-14-29)38(25-30-21-19-28(3)20-22-30)35(40)26-39(32-17-11-12-18-34(32)44-4)45(42,43)31-15-9-6-10-16-31/h5-22,27,33H,23-26H2,1-4H3,(H,37,41). The van der Waals surface area contributed by atoms with E-state index in [4.69, 9.17) is 4.74 Å². The van der Waals surface area contributed by atoms with E-state index in [0.29, 0.717) is 12.3 Å². The second-order valence-electron chi connectivity index (χ2n) is 11.3. The van der Waals surface area contributed by atoms with Crippen molar-refractivity contribution in [1.29, 1.82) is 0 Å². The molecule has 0 spiro atoms. The largest absolute Gasteiger partial charge is 0.495 e. The first-order valence-corrected chi connectivity index (χ1v) is 16.4. The number of methoxy groups -OCH3 is 1. The zero-order valence-corrected chi connectivity index (χ0v) is 27.0. The lowest BCUT2D eigenvalue weighted by atomic mass is 10.0. The molecule has 1 atom stereocenters. The highest BCUT2D eigenvalue weighted by atomic mass is 32.2. The molecule has 0 bridgehead atoms. The number of benzene rings is 4. The number of anilines is 1. The summed E-state index contributed by atoms with van der Waals surface area (Å²) >= 11 is 0. The number of nitrogens with one attached hydrogen (secondary N) is 1. The highest BCUT2D eigenvalue weighted by Crippen LogP contribution is 2.32. The summed E-state index contributed by atoms with van der Waals surface area (Å²) in [4.78, 5) is 29.9. The second kappa shape index (κ2) is 15.4. The number of hydrogen-bond donors (Lipinski definition) is 1. The molecule has 4 aromatic carbocycles. The molecule has 0 aliphatic carbocycles. The van der Waals surface area contributed by atoms with E-state index in [9.17, 15) is 18.0 Å². The van der Waals surface area contributed by atoms with Crippen LogP contribution in [0.2, 0.25) is 0 Å². The lowest BCUT2D eigenvalue weighted by Gasteiger charge is -2.34. The van der Waals surface area contributed by atoms with Crippen molar-refractivity contribution < 1.29 is 22.7 Å². The van der Waals surface area contributed by atoms with Crippen LogP contribution in [0.3, 0.4) is 0 Å². The molecule has 236 valence electrons. The van der Waals surface area contributed by atoms with Crippen LogP contribution in [0.4, 0.5) is 5.69 Å². The van der Waals surface area contributed by atoms with Crippen molar-refractivity contribution >= 4 is 27.5 Å². The van der Waals surface area contributed by atoms with Crippen molar-refractivity contribution in [2.45, 2.75) is 44.7 Å². The number of rotatable bonds is 14. The van der Waals surface area contributed by atoms with Crippen molar-refractivity contribution in [1.82, 2.24) is 10.2 Å². The van der Waals surface area contributed by atoms with Crippen LogP contribution in [-0.2, 0) is 32.6 Å². The molecule has 0 heterocycles. The maximum atomic E-state index is 14.5. The lowest BCUT2D eigenvalue weighted by Crippen LogP contribution is -2.53. The first-order chi connectivity index (χ1) is 21.6. The number of hydrogen-bond acceptors (Lipinski definition) is 5. The summed E-state index contributed by atoms with van der Waals surface area (Å²) in [5.41, 5.74) is 2.97. The minimum Gasteiger partial charge on any atom is -0.495 e. The van der Waals surface area contributed by atoms with Crippen LogP contribution in [0, 0.1) is 12.8 Å². The third kappa shape index (κ3) is 8.73. The Balaban J connectivity index is 1.81. The van der Waals surface area contributed by atoms with Crippen LogP contribution in [0.15, 0.2) is 114 Å². The van der Waals surface area contributed by atoms with E-state index >= 15 is 0 Å². The topological polar surface area (TPSA) is 96.0 Å². The van der Waals surface area contributed by atoms with Gasteiger partial charge in [0.15, 0.2) is 0 Å². The normalized spacial score (nSPS) is 11.9. The molecule has 0 saturated carbocycles. The summed E-state index contributed by atoms with van der Waals surface area (Å²) in [6.07, 6.45) is 0.252. The molecular formula is C36H41N3O5S.